The van der Waals surface area contributed by atoms with Crippen molar-refractivity contribution in [2.24, 2.45) is 0 Å². The van der Waals surface area contributed by atoms with Crippen molar-refractivity contribution < 1.29 is 9.47 Å². The van der Waals surface area contributed by atoms with E-state index in [2.05, 4.69) is 4.98 Å². The second-order valence-corrected chi connectivity index (χ2v) is 3.38. The number of nitrogen functional groups attached to an aromatic ring is 1. The van der Waals surface area contributed by atoms with Crippen LogP contribution in [0.4, 0.5) is 5.82 Å². The molecule has 1 rings (SSSR count). The van der Waals surface area contributed by atoms with Crippen LogP contribution in [-0.4, -0.2) is 25.3 Å². The van der Waals surface area contributed by atoms with Gasteiger partial charge in [-0.25, -0.2) is 4.98 Å². The van der Waals surface area contributed by atoms with Crippen molar-refractivity contribution >= 4 is 5.82 Å². The molecule has 4 heteroatoms. The lowest BCUT2D eigenvalue weighted by Crippen LogP contribution is -2.03. The zero-order chi connectivity index (χ0) is 11.1. The summed E-state index contributed by atoms with van der Waals surface area (Å²) in [6.07, 6.45) is 1.96. The summed E-state index contributed by atoms with van der Waals surface area (Å²) in [7, 11) is 1.70. The molecule has 0 unspecified atom stereocenters. The van der Waals surface area contributed by atoms with E-state index in [1.807, 2.05) is 19.1 Å². The molecular formula is C11H18N2O2. The van der Waals surface area contributed by atoms with Gasteiger partial charge in [-0.2, -0.15) is 0 Å². The first kappa shape index (κ1) is 11.8. The predicted octanol–water partition coefficient (Wildman–Crippen LogP) is 1.78. The minimum Gasteiger partial charge on any atom is -0.490 e. The Morgan fingerprint density at radius 1 is 1.27 bits per heavy atom. The van der Waals surface area contributed by atoms with E-state index in [4.69, 9.17) is 15.2 Å². The standard InChI is InChI=1S/C11H18N2O2/c1-9-5-6-10(11(12)13-9)15-8-4-3-7-14-2/h5-6H,3-4,7-8H2,1-2H3,(H2,12,13). The number of rotatable bonds is 6. The zero-order valence-electron chi connectivity index (χ0n) is 9.32. The highest BCUT2D eigenvalue weighted by molar-refractivity contribution is 5.46. The molecule has 1 aromatic rings. The number of unbranched alkanes of at least 4 members (excludes halogenated alkanes) is 1. The highest BCUT2D eigenvalue weighted by Gasteiger charge is 2.00. The van der Waals surface area contributed by atoms with Gasteiger partial charge in [0.15, 0.2) is 11.6 Å². The molecule has 0 radical (unpaired) electrons. The number of methoxy groups -OCH3 is 1. The molecular weight excluding hydrogens is 192 g/mol. The molecule has 15 heavy (non-hydrogen) atoms. The van der Waals surface area contributed by atoms with Gasteiger partial charge in [0.05, 0.1) is 6.61 Å². The van der Waals surface area contributed by atoms with Crippen molar-refractivity contribution in [2.45, 2.75) is 19.8 Å². The minimum absolute atomic E-state index is 0.460. The molecule has 0 saturated carbocycles. The van der Waals surface area contributed by atoms with E-state index in [0.29, 0.717) is 18.2 Å². The van der Waals surface area contributed by atoms with Crippen LogP contribution in [0.1, 0.15) is 18.5 Å². The predicted molar refractivity (Wildman–Crippen MR) is 60.0 cm³/mol. The van der Waals surface area contributed by atoms with E-state index < -0.39 is 0 Å². The summed E-state index contributed by atoms with van der Waals surface area (Å²) in [4.78, 5) is 4.12. The minimum atomic E-state index is 0.460. The second kappa shape index (κ2) is 6.24. The maximum absolute atomic E-state index is 5.70. The topological polar surface area (TPSA) is 57.4 Å². The van der Waals surface area contributed by atoms with Gasteiger partial charge in [0, 0.05) is 19.4 Å². The number of ether oxygens (including phenoxy) is 2. The third-order valence-electron chi connectivity index (χ3n) is 2.03. The fraction of sp³-hybridized carbons (Fsp3) is 0.545. The smallest absolute Gasteiger partial charge is 0.166 e. The molecule has 0 saturated heterocycles. The molecule has 4 nitrogen and oxygen atoms in total. The molecule has 0 aliphatic heterocycles. The molecule has 1 heterocycles. The van der Waals surface area contributed by atoms with Gasteiger partial charge < -0.3 is 15.2 Å². The molecule has 84 valence electrons. The average molecular weight is 210 g/mol. The Kier molecular flexibility index (Phi) is 4.90. The number of aryl methyl sites for hydroxylation is 1. The molecule has 0 amide bonds. The number of pyridine rings is 1. The molecule has 0 fully saturated rings. The monoisotopic (exact) mass is 210 g/mol. The van der Waals surface area contributed by atoms with Crippen LogP contribution in [0.2, 0.25) is 0 Å². The van der Waals surface area contributed by atoms with E-state index in [1.165, 1.54) is 0 Å². The van der Waals surface area contributed by atoms with Gasteiger partial charge in [-0.1, -0.05) is 0 Å². The van der Waals surface area contributed by atoms with Crippen molar-refractivity contribution in [2.75, 3.05) is 26.1 Å². The summed E-state index contributed by atoms with van der Waals surface area (Å²) in [6.45, 7) is 3.32. The van der Waals surface area contributed by atoms with Crippen LogP contribution in [0.25, 0.3) is 0 Å². The van der Waals surface area contributed by atoms with Gasteiger partial charge in [0.1, 0.15) is 0 Å². The SMILES string of the molecule is COCCCCOc1ccc(C)nc1N. The number of nitrogens with zero attached hydrogens (tertiary/aromatic N) is 1. The van der Waals surface area contributed by atoms with Crippen LogP contribution in [0, 0.1) is 6.92 Å². The van der Waals surface area contributed by atoms with Crippen molar-refractivity contribution in [1.82, 2.24) is 4.98 Å². The number of nitrogens with two attached hydrogens (primary N) is 1. The fourth-order valence-electron chi connectivity index (χ4n) is 1.22. The first-order valence-corrected chi connectivity index (χ1v) is 5.09. The van der Waals surface area contributed by atoms with Crippen LogP contribution in [-0.2, 0) is 4.74 Å². The Morgan fingerprint density at radius 3 is 2.67 bits per heavy atom. The molecule has 0 aliphatic carbocycles. The van der Waals surface area contributed by atoms with E-state index in [9.17, 15) is 0 Å². The Hall–Kier alpha value is -1.29. The van der Waals surface area contributed by atoms with E-state index >= 15 is 0 Å². The molecule has 0 aliphatic rings. The highest BCUT2D eigenvalue weighted by Crippen LogP contribution is 2.18. The maximum Gasteiger partial charge on any atom is 0.166 e. The number of hydrogen-bond acceptors (Lipinski definition) is 4. The molecule has 2 N–H and O–H groups in total. The van der Waals surface area contributed by atoms with Crippen molar-refractivity contribution in [3.63, 3.8) is 0 Å². The lowest BCUT2D eigenvalue weighted by molar-refractivity contribution is 0.184. The van der Waals surface area contributed by atoms with Crippen molar-refractivity contribution in [1.29, 1.82) is 0 Å². The summed E-state index contributed by atoms with van der Waals surface area (Å²) in [5.41, 5.74) is 6.60. The summed E-state index contributed by atoms with van der Waals surface area (Å²) < 4.78 is 10.4. The maximum atomic E-state index is 5.70. The van der Waals surface area contributed by atoms with Crippen LogP contribution >= 0.6 is 0 Å². The van der Waals surface area contributed by atoms with Gasteiger partial charge in [-0.05, 0) is 31.9 Å². The second-order valence-electron chi connectivity index (χ2n) is 3.38. The average Bonchev–Trinajstić information content (AvgIpc) is 2.20. The van der Waals surface area contributed by atoms with E-state index in [0.717, 1.165) is 25.1 Å². The van der Waals surface area contributed by atoms with E-state index in [-0.39, 0.29) is 0 Å². The molecule has 0 atom stereocenters. The summed E-state index contributed by atoms with van der Waals surface area (Å²) in [5, 5.41) is 0. The summed E-state index contributed by atoms with van der Waals surface area (Å²) in [5.74, 6) is 1.12. The van der Waals surface area contributed by atoms with Gasteiger partial charge in [-0.3, -0.25) is 0 Å². The Balaban J connectivity index is 2.31. The summed E-state index contributed by atoms with van der Waals surface area (Å²) >= 11 is 0. The van der Waals surface area contributed by atoms with Crippen LogP contribution in [0.15, 0.2) is 12.1 Å². The number of hydrogen-bond donors (Lipinski definition) is 1. The number of aromatic nitrogens is 1. The fourth-order valence-corrected chi connectivity index (χ4v) is 1.22. The lowest BCUT2D eigenvalue weighted by atomic mass is 10.3. The molecule has 0 aromatic carbocycles. The lowest BCUT2D eigenvalue weighted by Gasteiger charge is -2.08. The molecule has 0 bridgehead atoms. The molecule has 1 aromatic heterocycles. The third kappa shape index (κ3) is 4.16. The molecule has 0 spiro atoms. The van der Waals surface area contributed by atoms with Crippen LogP contribution in [0.5, 0.6) is 5.75 Å². The van der Waals surface area contributed by atoms with Gasteiger partial charge >= 0.3 is 0 Å². The third-order valence-corrected chi connectivity index (χ3v) is 2.03. The Bertz CT molecular complexity index is 303. The first-order chi connectivity index (χ1) is 7.24. The normalized spacial score (nSPS) is 10.3. The summed E-state index contributed by atoms with van der Waals surface area (Å²) in [6, 6.07) is 3.74. The quantitative estimate of drug-likeness (QED) is 0.727. The van der Waals surface area contributed by atoms with Gasteiger partial charge in [0.25, 0.3) is 0 Å². The zero-order valence-corrected chi connectivity index (χ0v) is 9.32. The largest absolute Gasteiger partial charge is 0.490 e. The van der Waals surface area contributed by atoms with Crippen LogP contribution in [0.3, 0.4) is 0 Å². The number of anilines is 1. The van der Waals surface area contributed by atoms with Gasteiger partial charge in [0.2, 0.25) is 0 Å². The highest BCUT2D eigenvalue weighted by atomic mass is 16.5. The van der Waals surface area contributed by atoms with Crippen molar-refractivity contribution in [3.8, 4) is 5.75 Å². The van der Waals surface area contributed by atoms with Crippen LogP contribution < -0.4 is 10.5 Å². The first-order valence-electron chi connectivity index (χ1n) is 5.09. The van der Waals surface area contributed by atoms with Crippen molar-refractivity contribution in [3.05, 3.63) is 17.8 Å². The van der Waals surface area contributed by atoms with Gasteiger partial charge in [-0.15, -0.1) is 0 Å². The van der Waals surface area contributed by atoms with E-state index in [1.54, 1.807) is 7.11 Å². The Morgan fingerprint density at radius 2 is 2.00 bits per heavy atom. The Labute approximate surface area is 90.4 Å².